The molecule has 0 aromatic heterocycles. The van der Waals surface area contributed by atoms with E-state index >= 15 is 0 Å². The van der Waals surface area contributed by atoms with E-state index in [0.717, 1.165) is 44.6 Å². The van der Waals surface area contributed by atoms with Crippen LogP contribution in [0.5, 0.6) is 0 Å². The summed E-state index contributed by atoms with van der Waals surface area (Å²) in [4.78, 5) is 15.0. The van der Waals surface area contributed by atoms with Crippen molar-refractivity contribution in [1.82, 2.24) is 4.90 Å². The summed E-state index contributed by atoms with van der Waals surface area (Å²) in [5.41, 5.74) is 5.76. The second kappa shape index (κ2) is 5.60. The number of rotatable bonds is 5. The third kappa shape index (κ3) is 2.71. The van der Waals surface area contributed by atoms with Crippen molar-refractivity contribution in [2.75, 3.05) is 13.1 Å². The maximum atomic E-state index is 12.9. The summed E-state index contributed by atoms with van der Waals surface area (Å²) in [6.07, 6.45) is 7.76. The zero-order chi connectivity index (χ0) is 13.2. The van der Waals surface area contributed by atoms with Gasteiger partial charge in [0.25, 0.3) is 0 Å². The van der Waals surface area contributed by atoms with Gasteiger partial charge in [-0.2, -0.15) is 0 Å². The van der Waals surface area contributed by atoms with Crippen LogP contribution in [0, 0.1) is 11.3 Å². The van der Waals surface area contributed by atoms with Crippen molar-refractivity contribution < 1.29 is 4.79 Å². The fraction of sp³-hybridized carbons (Fsp3) is 0.933. The number of carbonyl (C=O) groups is 1. The van der Waals surface area contributed by atoms with Crippen molar-refractivity contribution >= 4 is 5.91 Å². The standard InChI is InChI=1S/C15H28N2O/c1-3-10-17(13-4-5-13)14(18)15(11-16)8-6-12(2)7-9-15/h12-13H,3-11,16H2,1-2H3. The number of nitrogens with zero attached hydrogens (tertiary/aromatic N) is 1. The molecule has 0 spiro atoms. The van der Waals surface area contributed by atoms with Gasteiger partial charge >= 0.3 is 0 Å². The molecular formula is C15H28N2O. The topological polar surface area (TPSA) is 46.3 Å². The van der Waals surface area contributed by atoms with Gasteiger partial charge < -0.3 is 10.6 Å². The van der Waals surface area contributed by atoms with Gasteiger partial charge in [-0.1, -0.05) is 13.8 Å². The first-order chi connectivity index (χ1) is 8.63. The number of hydrogen-bond donors (Lipinski definition) is 1. The van der Waals surface area contributed by atoms with Gasteiger partial charge in [0.15, 0.2) is 0 Å². The Morgan fingerprint density at radius 2 is 1.89 bits per heavy atom. The van der Waals surface area contributed by atoms with E-state index in [1.165, 1.54) is 12.8 Å². The van der Waals surface area contributed by atoms with E-state index in [1.807, 2.05) is 0 Å². The van der Waals surface area contributed by atoms with E-state index in [2.05, 4.69) is 18.7 Å². The van der Waals surface area contributed by atoms with E-state index in [4.69, 9.17) is 5.73 Å². The van der Waals surface area contributed by atoms with E-state index < -0.39 is 0 Å². The minimum Gasteiger partial charge on any atom is -0.339 e. The third-order valence-electron chi connectivity index (χ3n) is 4.79. The number of carbonyl (C=O) groups excluding carboxylic acids is 1. The summed E-state index contributed by atoms with van der Waals surface area (Å²) in [6.45, 7) is 5.89. The summed E-state index contributed by atoms with van der Waals surface area (Å²) in [5.74, 6) is 1.12. The molecule has 2 N–H and O–H groups in total. The molecule has 0 aromatic rings. The van der Waals surface area contributed by atoms with Gasteiger partial charge in [-0.3, -0.25) is 4.79 Å². The minimum absolute atomic E-state index is 0.232. The van der Waals surface area contributed by atoms with Crippen molar-refractivity contribution in [3.63, 3.8) is 0 Å². The molecule has 104 valence electrons. The van der Waals surface area contributed by atoms with Crippen LogP contribution in [0.2, 0.25) is 0 Å². The van der Waals surface area contributed by atoms with Crippen LogP contribution in [0.3, 0.4) is 0 Å². The van der Waals surface area contributed by atoms with Gasteiger partial charge in [-0.05, 0) is 50.9 Å². The van der Waals surface area contributed by atoms with Crippen LogP contribution >= 0.6 is 0 Å². The number of amides is 1. The molecule has 2 aliphatic carbocycles. The largest absolute Gasteiger partial charge is 0.339 e. The lowest BCUT2D eigenvalue weighted by molar-refractivity contribution is -0.144. The molecule has 0 bridgehead atoms. The van der Waals surface area contributed by atoms with Crippen molar-refractivity contribution in [2.45, 2.75) is 64.8 Å². The van der Waals surface area contributed by atoms with Crippen LogP contribution in [0.1, 0.15) is 58.8 Å². The SMILES string of the molecule is CCCN(C(=O)C1(CN)CCC(C)CC1)C1CC1. The minimum atomic E-state index is -0.232. The fourth-order valence-electron chi connectivity index (χ4n) is 3.20. The predicted octanol–water partition coefficient (Wildman–Crippen LogP) is 2.54. The van der Waals surface area contributed by atoms with E-state index in [9.17, 15) is 4.79 Å². The fourth-order valence-corrected chi connectivity index (χ4v) is 3.20. The molecule has 0 unspecified atom stereocenters. The molecule has 0 radical (unpaired) electrons. The van der Waals surface area contributed by atoms with E-state index in [-0.39, 0.29) is 5.41 Å². The molecule has 0 atom stereocenters. The molecule has 1 amide bonds. The Hall–Kier alpha value is -0.570. The average Bonchev–Trinajstić information content (AvgIpc) is 3.21. The van der Waals surface area contributed by atoms with Crippen molar-refractivity contribution in [2.24, 2.45) is 17.1 Å². The monoisotopic (exact) mass is 252 g/mol. The Labute approximate surface area is 111 Å². The molecule has 2 fully saturated rings. The quantitative estimate of drug-likeness (QED) is 0.817. The second-order valence-electron chi connectivity index (χ2n) is 6.40. The zero-order valence-electron chi connectivity index (χ0n) is 12.0. The van der Waals surface area contributed by atoms with E-state index in [1.54, 1.807) is 0 Å². The average molecular weight is 252 g/mol. The maximum absolute atomic E-state index is 12.9. The summed E-state index contributed by atoms with van der Waals surface area (Å²) in [6, 6.07) is 0.528. The molecule has 18 heavy (non-hydrogen) atoms. The highest BCUT2D eigenvalue weighted by atomic mass is 16.2. The molecule has 2 aliphatic rings. The van der Waals surface area contributed by atoms with Crippen LogP contribution in [-0.2, 0) is 4.79 Å². The molecule has 0 saturated heterocycles. The van der Waals surface area contributed by atoms with Crippen LogP contribution in [0.4, 0.5) is 0 Å². The van der Waals surface area contributed by atoms with Gasteiger partial charge in [0, 0.05) is 19.1 Å². The van der Waals surface area contributed by atoms with Crippen LogP contribution in [-0.4, -0.2) is 29.9 Å². The highest BCUT2D eigenvalue weighted by Crippen LogP contribution is 2.41. The van der Waals surface area contributed by atoms with Gasteiger partial charge in [0.05, 0.1) is 5.41 Å². The molecule has 2 rings (SSSR count). The lowest BCUT2D eigenvalue weighted by atomic mass is 9.70. The first kappa shape index (κ1) is 13.9. The second-order valence-corrected chi connectivity index (χ2v) is 6.40. The molecule has 3 heteroatoms. The Bertz CT molecular complexity index is 291. The van der Waals surface area contributed by atoms with Crippen LogP contribution in [0.15, 0.2) is 0 Å². The van der Waals surface area contributed by atoms with E-state index in [0.29, 0.717) is 18.5 Å². The Balaban J connectivity index is 2.07. The lowest BCUT2D eigenvalue weighted by Gasteiger charge is -2.41. The highest BCUT2D eigenvalue weighted by Gasteiger charge is 2.45. The summed E-state index contributed by atoms with van der Waals surface area (Å²) in [7, 11) is 0. The van der Waals surface area contributed by atoms with Gasteiger partial charge in [-0.15, -0.1) is 0 Å². The first-order valence-corrected chi connectivity index (χ1v) is 7.64. The van der Waals surface area contributed by atoms with Crippen LogP contribution in [0.25, 0.3) is 0 Å². The summed E-state index contributed by atoms with van der Waals surface area (Å²) >= 11 is 0. The predicted molar refractivity (Wildman–Crippen MR) is 74.1 cm³/mol. The molecule has 3 nitrogen and oxygen atoms in total. The zero-order valence-corrected chi connectivity index (χ0v) is 12.0. The number of nitrogens with two attached hydrogens (primary N) is 1. The first-order valence-electron chi connectivity index (χ1n) is 7.64. The Kier molecular flexibility index (Phi) is 4.31. The Morgan fingerprint density at radius 1 is 1.28 bits per heavy atom. The van der Waals surface area contributed by atoms with Crippen molar-refractivity contribution in [3.8, 4) is 0 Å². The Morgan fingerprint density at radius 3 is 2.33 bits per heavy atom. The third-order valence-corrected chi connectivity index (χ3v) is 4.79. The van der Waals surface area contributed by atoms with Crippen LogP contribution < -0.4 is 5.73 Å². The van der Waals surface area contributed by atoms with Gasteiger partial charge in [-0.25, -0.2) is 0 Å². The molecule has 0 aliphatic heterocycles. The summed E-state index contributed by atoms with van der Waals surface area (Å²) in [5, 5.41) is 0. The van der Waals surface area contributed by atoms with Crippen molar-refractivity contribution in [1.29, 1.82) is 0 Å². The lowest BCUT2D eigenvalue weighted by Crippen LogP contribution is -2.50. The van der Waals surface area contributed by atoms with Gasteiger partial charge in [0.1, 0.15) is 0 Å². The number of hydrogen-bond acceptors (Lipinski definition) is 2. The highest BCUT2D eigenvalue weighted by molar-refractivity contribution is 5.83. The normalized spacial score (nSPS) is 32.3. The molecule has 0 heterocycles. The molecular weight excluding hydrogens is 224 g/mol. The van der Waals surface area contributed by atoms with Crippen molar-refractivity contribution in [3.05, 3.63) is 0 Å². The van der Waals surface area contributed by atoms with Gasteiger partial charge in [0.2, 0.25) is 5.91 Å². The molecule has 2 saturated carbocycles. The summed E-state index contributed by atoms with van der Waals surface area (Å²) < 4.78 is 0. The maximum Gasteiger partial charge on any atom is 0.230 e. The molecule has 0 aromatic carbocycles. The smallest absolute Gasteiger partial charge is 0.230 e.